The first-order valence-corrected chi connectivity index (χ1v) is 5.96. The smallest absolute Gasteiger partial charge is 0.0731 e. The minimum Gasteiger partial charge on any atom is -0.375 e. The third-order valence-electron chi connectivity index (χ3n) is 2.34. The Balaban J connectivity index is 2.09. The lowest BCUT2D eigenvalue weighted by Crippen LogP contribution is -2.07. The van der Waals surface area contributed by atoms with Crippen LogP contribution in [0.2, 0.25) is 0 Å². The average Bonchev–Trinajstić information content (AvgIpc) is 2.85. The van der Waals surface area contributed by atoms with Crippen LogP contribution in [0.3, 0.4) is 0 Å². The van der Waals surface area contributed by atoms with Crippen molar-refractivity contribution in [2.24, 2.45) is 7.05 Å². The van der Waals surface area contributed by atoms with Gasteiger partial charge in [0.25, 0.3) is 0 Å². The largest absolute Gasteiger partial charge is 0.375 e. The maximum atomic E-state index is 4.14. The maximum Gasteiger partial charge on any atom is 0.0731 e. The first-order valence-electron chi connectivity index (χ1n) is 5.08. The van der Waals surface area contributed by atoms with E-state index in [4.69, 9.17) is 0 Å². The van der Waals surface area contributed by atoms with Crippen LogP contribution in [-0.2, 0) is 7.05 Å². The average molecular weight is 221 g/mol. The summed E-state index contributed by atoms with van der Waals surface area (Å²) in [6, 6.07) is 4.66. The summed E-state index contributed by atoms with van der Waals surface area (Å²) >= 11 is 1.79. The van der Waals surface area contributed by atoms with Crippen molar-refractivity contribution in [2.75, 3.05) is 5.32 Å². The molecule has 2 aromatic heterocycles. The van der Waals surface area contributed by atoms with Crippen LogP contribution < -0.4 is 5.32 Å². The van der Waals surface area contributed by atoms with Crippen molar-refractivity contribution >= 4 is 17.0 Å². The van der Waals surface area contributed by atoms with Gasteiger partial charge >= 0.3 is 0 Å². The lowest BCUT2D eigenvalue weighted by molar-refractivity contribution is 0.759. The molecule has 2 rings (SSSR count). The first kappa shape index (κ1) is 10.2. The van der Waals surface area contributed by atoms with Crippen molar-refractivity contribution in [3.05, 3.63) is 34.8 Å². The van der Waals surface area contributed by atoms with E-state index in [1.54, 1.807) is 11.3 Å². The molecule has 0 radical (unpaired) electrons. The molecule has 0 aliphatic carbocycles. The number of rotatable bonds is 4. The Labute approximate surface area is 93.7 Å². The van der Waals surface area contributed by atoms with Gasteiger partial charge in [0.1, 0.15) is 0 Å². The van der Waals surface area contributed by atoms with E-state index in [2.05, 4.69) is 34.9 Å². The van der Waals surface area contributed by atoms with E-state index >= 15 is 0 Å². The Bertz CT molecular complexity index is 405. The zero-order valence-electron chi connectivity index (χ0n) is 8.97. The molecule has 0 saturated carbocycles. The third-order valence-corrected chi connectivity index (χ3v) is 3.33. The van der Waals surface area contributed by atoms with E-state index in [0.29, 0.717) is 6.04 Å². The van der Waals surface area contributed by atoms with Gasteiger partial charge in [0.05, 0.1) is 17.9 Å². The molecule has 4 heteroatoms. The highest BCUT2D eigenvalue weighted by molar-refractivity contribution is 7.10. The Morgan fingerprint density at radius 2 is 2.47 bits per heavy atom. The van der Waals surface area contributed by atoms with E-state index in [9.17, 15) is 0 Å². The summed E-state index contributed by atoms with van der Waals surface area (Å²) in [4.78, 5) is 1.38. The molecule has 0 amide bonds. The van der Waals surface area contributed by atoms with Crippen LogP contribution in [-0.4, -0.2) is 9.78 Å². The molecule has 1 atom stereocenters. The van der Waals surface area contributed by atoms with Gasteiger partial charge in [-0.2, -0.15) is 5.10 Å². The minimum absolute atomic E-state index is 0.397. The molecule has 1 N–H and O–H groups in total. The molecular formula is C11H15N3S. The fraction of sp³-hybridized carbons (Fsp3) is 0.364. The molecule has 3 nitrogen and oxygen atoms in total. The van der Waals surface area contributed by atoms with Crippen molar-refractivity contribution in [1.82, 2.24) is 9.78 Å². The monoisotopic (exact) mass is 221 g/mol. The van der Waals surface area contributed by atoms with E-state index in [0.717, 1.165) is 12.1 Å². The number of thiophene rings is 1. The van der Waals surface area contributed by atoms with Crippen molar-refractivity contribution in [3.8, 4) is 0 Å². The number of nitrogens with one attached hydrogen (secondary N) is 1. The van der Waals surface area contributed by atoms with Crippen LogP contribution in [0.1, 0.15) is 24.3 Å². The van der Waals surface area contributed by atoms with Crippen LogP contribution in [0, 0.1) is 0 Å². The maximum absolute atomic E-state index is 4.14. The summed E-state index contributed by atoms with van der Waals surface area (Å²) in [5.41, 5.74) is 1.08. The van der Waals surface area contributed by atoms with Gasteiger partial charge in [0.15, 0.2) is 0 Å². The van der Waals surface area contributed by atoms with Gasteiger partial charge in [-0.15, -0.1) is 11.3 Å². The van der Waals surface area contributed by atoms with Gasteiger partial charge in [0.2, 0.25) is 0 Å². The SMILES string of the molecule is CCC(Nc1cnn(C)c1)c1cccs1. The molecule has 0 aliphatic rings. The van der Waals surface area contributed by atoms with Gasteiger partial charge in [-0.25, -0.2) is 0 Å². The molecule has 2 aromatic rings. The Hall–Kier alpha value is -1.29. The Morgan fingerprint density at radius 1 is 1.60 bits per heavy atom. The second-order valence-electron chi connectivity index (χ2n) is 3.52. The first-order chi connectivity index (χ1) is 7.29. The highest BCUT2D eigenvalue weighted by Crippen LogP contribution is 2.25. The summed E-state index contributed by atoms with van der Waals surface area (Å²) < 4.78 is 1.81. The summed E-state index contributed by atoms with van der Waals surface area (Å²) in [6.45, 7) is 2.19. The number of anilines is 1. The predicted octanol–water partition coefficient (Wildman–Crippen LogP) is 3.04. The molecule has 0 aliphatic heterocycles. The lowest BCUT2D eigenvalue weighted by Gasteiger charge is -2.14. The number of nitrogens with zero attached hydrogens (tertiary/aromatic N) is 2. The number of aryl methyl sites for hydroxylation is 1. The number of aromatic nitrogens is 2. The van der Waals surface area contributed by atoms with E-state index in [-0.39, 0.29) is 0 Å². The van der Waals surface area contributed by atoms with E-state index in [1.807, 2.05) is 24.1 Å². The summed E-state index contributed by atoms with van der Waals surface area (Å²) in [5.74, 6) is 0. The van der Waals surface area contributed by atoms with Crippen molar-refractivity contribution < 1.29 is 0 Å². The van der Waals surface area contributed by atoms with Gasteiger partial charge in [-0.1, -0.05) is 13.0 Å². The molecule has 0 saturated heterocycles. The predicted molar refractivity (Wildman–Crippen MR) is 64.2 cm³/mol. The molecule has 1 unspecified atom stereocenters. The zero-order chi connectivity index (χ0) is 10.7. The molecule has 80 valence electrons. The van der Waals surface area contributed by atoms with Crippen LogP contribution in [0.25, 0.3) is 0 Å². The normalized spacial score (nSPS) is 12.7. The van der Waals surface area contributed by atoms with Crippen molar-refractivity contribution in [3.63, 3.8) is 0 Å². The number of hydrogen-bond donors (Lipinski definition) is 1. The van der Waals surface area contributed by atoms with Crippen LogP contribution >= 0.6 is 11.3 Å². The number of hydrogen-bond acceptors (Lipinski definition) is 3. The summed E-state index contributed by atoms with van der Waals surface area (Å²) in [5, 5.41) is 9.74. The molecule has 0 aromatic carbocycles. The van der Waals surface area contributed by atoms with Crippen molar-refractivity contribution in [2.45, 2.75) is 19.4 Å². The Kier molecular flexibility index (Phi) is 3.06. The second kappa shape index (κ2) is 4.49. The van der Waals surface area contributed by atoms with Crippen LogP contribution in [0.5, 0.6) is 0 Å². The molecule has 2 heterocycles. The van der Waals surface area contributed by atoms with Crippen molar-refractivity contribution in [1.29, 1.82) is 0 Å². The van der Waals surface area contributed by atoms with Gasteiger partial charge < -0.3 is 5.32 Å². The summed E-state index contributed by atoms with van der Waals surface area (Å²) in [6.07, 6.45) is 4.93. The van der Waals surface area contributed by atoms with Crippen LogP contribution in [0.15, 0.2) is 29.9 Å². The van der Waals surface area contributed by atoms with Gasteiger partial charge in [0, 0.05) is 18.1 Å². The van der Waals surface area contributed by atoms with E-state index in [1.165, 1.54) is 4.88 Å². The molecule has 0 fully saturated rings. The fourth-order valence-electron chi connectivity index (χ4n) is 1.56. The standard InChI is InChI=1S/C11H15N3S/c1-3-10(11-5-4-6-15-11)13-9-7-12-14(2)8-9/h4-8,10,13H,3H2,1-2H3. The molecule has 0 bridgehead atoms. The molecule has 15 heavy (non-hydrogen) atoms. The van der Waals surface area contributed by atoms with Gasteiger partial charge in [-0.05, 0) is 17.9 Å². The highest BCUT2D eigenvalue weighted by atomic mass is 32.1. The fourth-order valence-corrected chi connectivity index (χ4v) is 2.42. The highest BCUT2D eigenvalue weighted by Gasteiger charge is 2.10. The topological polar surface area (TPSA) is 29.9 Å². The molecular weight excluding hydrogens is 206 g/mol. The lowest BCUT2D eigenvalue weighted by atomic mass is 10.2. The second-order valence-corrected chi connectivity index (χ2v) is 4.50. The Morgan fingerprint density at radius 3 is 3.00 bits per heavy atom. The summed E-state index contributed by atoms with van der Waals surface area (Å²) in [7, 11) is 1.93. The zero-order valence-corrected chi connectivity index (χ0v) is 9.79. The van der Waals surface area contributed by atoms with Crippen LogP contribution in [0.4, 0.5) is 5.69 Å². The minimum atomic E-state index is 0.397. The quantitative estimate of drug-likeness (QED) is 0.860. The third kappa shape index (κ3) is 2.39. The van der Waals surface area contributed by atoms with Gasteiger partial charge in [-0.3, -0.25) is 4.68 Å². The molecule has 0 spiro atoms. The van der Waals surface area contributed by atoms with E-state index < -0.39 is 0 Å².